The molecule has 28 heavy (non-hydrogen) atoms. The van der Waals surface area contributed by atoms with Gasteiger partial charge in [0.05, 0.1) is 6.54 Å². The molecule has 2 aromatic heterocycles. The monoisotopic (exact) mass is 417 g/mol. The maximum absolute atomic E-state index is 12.8. The molecule has 0 bridgehead atoms. The number of anilines is 1. The third-order valence-electron chi connectivity index (χ3n) is 4.43. The van der Waals surface area contributed by atoms with Gasteiger partial charge >= 0.3 is 6.18 Å². The number of hydrogen-bond donors (Lipinski definition) is 0. The van der Waals surface area contributed by atoms with E-state index >= 15 is 0 Å². The molecule has 152 valence electrons. The Morgan fingerprint density at radius 2 is 1.96 bits per heavy atom. The highest BCUT2D eigenvalue weighted by Gasteiger charge is 2.37. The zero-order valence-corrected chi connectivity index (χ0v) is 16.0. The normalized spacial score (nSPS) is 16.6. The van der Waals surface area contributed by atoms with Gasteiger partial charge in [-0.05, 0) is 26.0 Å². The summed E-state index contributed by atoms with van der Waals surface area (Å²) in [7, 11) is -3.98. The van der Waals surface area contributed by atoms with Crippen LogP contribution < -0.4 is 4.90 Å². The van der Waals surface area contributed by atoms with Crippen molar-refractivity contribution in [1.29, 1.82) is 0 Å². The zero-order valence-electron chi connectivity index (χ0n) is 15.1. The maximum atomic E-state index is 12.8. The molecule has 0 aliphatic carbocycles. The molecule has 0 aromatic carbocycles. The van der Waals surface area contributed by atoms with E-state index in [0.717, 1.165) is 21.5 Å². The van der Waals surface area contributed by atoms with Crippen molar-refractivity contribution in [2.75, 3.05) is 24.5 Å². The molecule has 3 heterocycles. The Morgan fingerprint density at radius 3 is 2.54 bits per heavy atom. The number of carbonyl (C=O) groups excluding carboxylic acids is 1. The van der Waals surface area contributed by atoms with E-state index in [1.807, 2.05) is 6.92 Å². The van der Waals surface area contributed by atoms with E-state index in [1.54, 1.807) is 11.5 Å². The summed E-state index contributed by atoms with van der Waals surface area (Å²) in [5, 5.41) is -0.156. The number of carbonyl (C=O) groups is 1. The van der Waals surface area contributed by atoms with Gasteiger partial charge in [0.2, 0.25) is 5.91 Å². The lowest BCUT2D eigenvalue weighted by Gasteiger charge is -2.33. The number of amides is 1. The molecule has 0 N–H and O–H groups in total. The van der Waals surface area contributed by atoms with Crippen molar-refractivity contribution in [2.24, 2.45) is 0 Å². The lowest BCUT2D eigenvalue weighted by atomic mass is 10.2. The Bertz CT molecular complexity index is 1000. The van der Waals surface area contributed by atoms with E-state index in [-0.39, 0.29) is 23.8 Å². The van der Waals surface area contributed by atoms with Gasteiger partial charge in [0.1, 0.15) is 11.5 Å². The highest BCUT2D eigenvalue weighted by molar-refractivity contribution is 7.89. The first kappa shape index (κ1) is 20.3. The maximum Gasteiger partial charge on any atom is 0.433 e. The minimum atomic E-state index is -4.64. The van der Waals surface area contributed by atoms with Crippen molar-refractivity contribution in [2.45, 2.75) is 31.6 Å². The van der Waals surface area contributed by atoms with Crippen LogP contribution in [-0.2, 0) is 27.5 Å². The van der Waals surface area contributed by atoms with Gasteiger partial charge in [-0.3, -0.25) is 9.78 Å². The number of hydrogen-bond acceptors (Lipinski definition) is 5. The van der Waals surface area contributed by atoms with E-state index in [2.05, 4.69) is 9.97 Å². The van der Waals surface area contributed by atoms with E-state index in [1.165, 1.54) is 12.3 Å². The van der Waals surface area contributed by atoms with Crippen molar-refractivity contribution in [3.63, 3.8) is 0 Å². The van der Waals surface area contributed by atoms with Crippen LogP contribution in [0, 0.1) is 6.92 Å². The van der Waals surface area contributed by atoms with Gasteiger partial charge in [0, 0.05) is 37.7 Å². The molecule has 2 aromatic rings. The first-order valence-corrected chi connectivity index (χ1v) is 9.85. The number of nitrogens with zero attached hydrogens (tertiary/aromatic N) is 5. The number of sulfonamides is 1. The molecule has 8 nitrogen and oxygen atoms in total. The largest absolute Gasteiger partial charge is 0.433 e. The molecular formula is C16H18F3N5O3S. The van der Waals surface area contributed by atoms with Crippen LogP contribution in [0.15, 0.2) is 29.6 Å². The van der Waals surface area contributed by atoms with E-state index < -0.39 is 34.3 Å². The summed E-state index contributed by atoms with van der Waals surface area (Å²) in [6.45, 7) is 3.45. The molecule has 12 heteroatoms. The molecule has 0 radical (unpaired) electrons. The van der Waals surface area contributed by atoms with Gasteiger partial charge in [-0.2, -0.15) is 17.5 Å². The number of imidazole rings is 1. The average molecular weight is 417 g/mol. The van der Waals surface area contributed by atoms with Crippen LogP contribution >= 0.6 is 0 Å². The Morgan fingerprint density at radius 1 is 1.25 bits per heavy atom. The number of rotatable bonds is 4. The summed E-state index contributed by atoms with van der Waals surface area (Å²) in [6.07, 6.45) is -2.27. The van der Waals surface area contributed by atoms with E-state index in [4.69, 9.17) is 0 Å². The number of pyridine rings is 1. The molecule has 0 spiro atoms. The summed E-state index contributed by atoms with van der Waals surface area (Å²) in [5.41, 5.74) is -1.09. The minimum Gasteiger partial charge on any atom is -0.334 e. The second-order valence-corrected chi connectivity index (χ2v) is 8.08. The molecule has 1 aliphatic rings. The van der Waals surface area contributed by atoms with Gasteiger partial charge < -0.3 is 9.47 Å². The van der Waals surface area contributed by atoms with Crippen molar-refractivity contribution in [3.8, 4) is 0 Å². The summed E-state index contributed by atoms with van der Waals surface area (Å²) in [4.78, 5) is 20.9. The molecule has 1 amide bonds. The van der Waals surface area contributed by atoms with Crippen molar-refractivity contribution in [1.82, 2.24) is 18.8 Å². The lowest BCUT2D eigenvalue weighted by Crippen LogP contribution is -2.52. The van der Waals surface area contributed by atoms with E-state index in [9.17, 15) is 26.4 Å². The number of halogens is 3. The fourth-order valence-electron chi connectivity index (χ4n) is 2.93. The summed E-state index contributed by atoms with van der Waals surface area (Å²) >= 11 is 0. The Labute approximate surface area is 159 Å². The Kier molecular flexibility index (Phi) is 5.19. The Hall–Kier alpha value is -2.47. The molecule has 0 saturated carbocycles. The predicted molar refractivity (Wildman–Crippen MR) is 93.0 cm³/mol. The fourth-order valence-corrected chi connectivity index (χ4v) is 4.30. The molecule has 1 fully saturated rings. The van der Waals surface area contributed by atoms with Crippen LogP contribution in [0.1, 0.15) is 18.4 Å². The van der Waals surface area contributed by atoms with Crippen LogP contribution in [0.25, 0.3) is 0 Å². The summed E-state index contributed by atoms with van der Waals surface area (Å²) in [6, 6.07) is 2.05. The first-order valence-electron chi connectivity index (χ1n) is 8.41. The molecular weight excluding hydrogens is 399 g/mol. The van der Waals surface area contributed by atoms with Crippen molar-refractivity contribution >= 4 is 21.6 Å². The SMILES string of the molecule is CCn1cc(S(=O)(=O)N2CCN(c3ccnc(C(F)(F)F)c3)C(=O)C2)nc1C. The molecule has 0 unspecified atom stereocenters. The molecule has 1 saturated heterocycles. The molecule has 1 aliphatic heterocycles. The van der Waals surface area contributed by atoms with Crippen LogP contribution in [-0.4, -0.2) is 52.8 Å². The number of piperazine rings is 1. The van der Waals surface area contributed by atoms with Crippen LogP contribution in [0.4, 0.5) is 18.9 Å². The lowest BCUT2D eigenvalue weighted by molar-refractivity contribution is -0.141. The Balaban J connectivity index is 1.81. The summed E-state index contributed by atoms with van der Waals surface area (Å²) in [5.74, 6) is -0.0942. The zero-order chi connectivity index (χ0) is 20.7. The first-order chi connectivity index (χ1) is 13.0. The second kappa shape index (κ2) is 7.17. The van der Waals surface area contributed by atoms with Gasteiger partial charge in [0.15, 0.2) is 5.03 Å². The number of aromatic nitrogens is 3. The van der Waals surface area contributed by atoms with Crippen LogP contribution in [0.2, 0.25) is 0 Å². The number of alkyl halides is 3. The highest BCUT2D eigenvalue weighted by atomic mass is 32.2. The third-order valence-corrected chi connectivity index (χ3v) is 6.15. The summed E-state index contributed by atoms with van der Waals surface area (Å²) < 4.78 is 66.7. The van der Waals surface area contributed by atoms with Crippen LogP contribution in [0.5, 0.6) is 0 Å². The highest BCUT2D eigenvalue weighted by Crippen LogP contribution is 2.30. The van der Waals surface area contributed by atoms with Gasteiger partial charge in [-0.1, -0.05) is 0 Å². The second-order valence-electron chi connectivity index (χ2n) is 6.19. The average Bonchev–Trinajstić information content (AvgIpc) is 3.02. The van der Waals surface area contributed by atoms with Crippen LogP contribution in [0.3, 0.4) is 0 Å². The van der Waals surface area contributed by atoms with E-state index in [0.29, 0.717) is 12.4 Å². The predicted octanol–water partition coefficient (Wildman–Crippen LogP) is 1.66. The smallest absolute Gasteiger partial charge is 0.334 e. The standard InChI is InChI=1S/C16H18F3N5O3S/c1-3-22-9-14(21-11(22)2)28(26,27)23-6-7-24(15(25)10-23)12-4-5-20-13(8-12)16(17,18)19/h4-5,8-9H,3,6-7,10H2,1-2H3. The van der Waals surface area contributed by atoms with Gasteiger partial charge in [0.25, 0.3) is 10.0 Å². The fraction of sp³-hybridized carbons (Fsp3) is 0.438. The quantitative estimate of drug-likeness (QED) is 0.755. The third kappa shape index (κ3) is 3.74. The molecule has 3 rings (SSSR count). The van der Waals surface area contributed by atoms with Crippen molar-refractivity contribution in [3.05, 3.63) is 36.0 Å². The van der Waals surface area contributed by atoms with Gasteiger partial charge in [-0.25, -0.2) is 13.4 Å². The minimum absolute atomic E-state index is 0.0236. The number of aryl methyl sites for hydroxylation is 2. The van der Waals surface area contributed by atoms with Crippen molar-refractivity contribution < 1.29 is 26.4 Å². The van der Waals surface area contributed by atoms with Gasteiger partial charge in [-0.15, -0.1) is 0 Å². The topological polar surface area (TPSA) is 88.4 Å². The molecule has 0 atom stereocenters.